The van der Waals surface area contributed by atoms with E-state index in [4.69, 9.17) is 9.41 Å². The number of rotatable bonds is 7. The van der Waals surface area contributed by atoms with E-state index in [-0.39, 0.29) is 5.88 Å². The number of nitrogens with zero attached hydrogens (tertiary/aromatic N) is 4. The summed E-state index contributed by atoms with van der Waals surface area (Å²) in [5.74, 6) is -0.0150. The Hall–Kier alpha value is -3.78. The van der Waals surface area contributed by atoms with Crippen molar-refractivity contribution in [2.45, 2.75) is 13.3 Å². The standard InChI is InChI=1S/C23H20N4O3S/c1-17-7-9-19(10-8-17)21-16-31-23(24-14-13-18-5-3-2-4-6-18)26(21)25-15-20-11-12-22(30-20)27(28)29/h2-12,15-16H,13-14H2,1H3. The number of aryl methyl sites for hydroxylation is 1. The summed E-state index contributed by atoms with van der Waals surface area (Å²) >= 11 is 1.50. The predicted octanol–water partition coefficient (Wildman–Crippen LogP) is 5.05. The summed E-state index contributed by atoms with van der Waals surface area (Å²) in [7, 11) is 0. The fraction of sp³-hybridized carbons (Fsp3) is 0.130. The minimum atomic E-state index is -0.572. The normalized spacial score (nSPS) is 12.0. The van der Waals surface area contributed by atoms with Gasteiger partial charge in [-0.3, -0.25) is 15.1 Å². The summed E-state index contributed by atoms with van der Waals surface area (Å²) in [6.45, 7) is 2.66. The van der Waals surface area contributed by atoms with Gasteiger partial charge in [-0.15, -0.1) is 11.3 Å². The highest BCUT2D eigenvalue weighted by atomic mass is 32.1. The summed E-state index contributed by atoms with van der Waals surface area (Å²) in [5.41, 5.74) is 4.29. The van der Waals surface area contributed by atoms with Gasteiger partial charge in [-0.05, 0) is 25.0 Å². The Balaban J connectivity index is 1.67. The van der Waals surface area contributed by atoms with Gasteiger partial charge in [-0.1, -0.05) is 60.2 Å². The van der Waals surface area contributed by atoms with E-state index in [9.17, 15) is 10.1 Å². The molecule has 0 saturated carbocycles. The number of hydrogen-bond acceptors (Lipinski definition) is 6. The van der Waals surface area contributed by atoms with E-state index in [0.717, 1.165) is 22.5 Å². The Labute approximate surface area is 182 Å². The number of nitro groups is 1. The third-order valence-electron chi connectivity index (χ3n) is 4.62. The van der Waals surface area contributed by atoms with E-state index >= 15 is 0 Å². The zero-order valence-corrected chi connectivity index (χ0v) is 17.7. The molecular formula is C23H20N4O3S. The molecule has 0 fully saturated rings. The lowest BCUT2D eigenvalue weighted by atomic mass is 10.1. The van der Waals surface area contributed by atoms with Crippen LogP contribution in [-0.2, 0) is 6.42 Å². The fourth-order valence-corrected chi connectivity index (χ4v) is 3.86. The average molecular weight is 433 g/mol. The molecule has 0 bridgehead atoms. The molecule has 0 saturated heterocycles. The maximum Gasteiger partial charge on any atom is 0.433 e. The van der Waals surface area contributed by atoms with Crippen LogP contribution < -0.4 is 4.80 Å². The van der Waals surface area contributed by atoms with Crippen molar-refractivity contribution in [1.29, 1.82) is 0 Å². The molecule has 2 aromatic heterocycles. The van der Waals surface area contributed by atoms with Gasteiger partial charge in [0.25, 0.3) is 0 Å². The molecule has 7 nitrogen and oxygen atoms in total. The van der Waals surface area contributed by atoms with E-state index in [1.165, 1.54) is 40.8 Å². The molecule has 0 N–H and O–H groups in total. The van der Waals surface area contributed by atoms with Crippen molar-refractivity contribution in [1.82, 2.24) is 4.68 Å². The molecule has 0 unspecified atom stereocenters. The second kappa shape index (κ2) is 9.36. The zero-order valence-electron chi connectivity index (χ0n) is 16.8. The first-order chi connectivity index (χ1) is 15.1. The van der Waals surface area contributed by atoms with Crippen molar-refractivity contribution in [3.05, 3.63) is 104 Å². The fourth-order valence-electron chi connectivity index (χ4n) is 2.99. The number of thiazole rings is 1. The Morgan fingerprint density at radius 3 is 2.58 bits per heavy atom. The molecule has 0 radical (unpaired) electrons. The number of benzene rings is 2. The van der Waals surface area contributed by atoms with Gasteiger partial charge >= 0.3 is 5.88 Å². The van der Waals surface area contributed by atoms with E-state index in [1.807, 2.05) is 54.8 Å². The largest absolute Gasteiger partial charge is 0.433 e. The molecular weight excluding hydrogens is 412 g/mol. The second-order valence-corrected chi connectivity index (χ2v) is 7.71. The number of furan rings is 1. The van der Waals surface area contributed by atoms with Crippen LogP contribution in [0.4, 0.5) is 5.88 Å². The highest BCUT2D eigenvalue weighted by Crippen LogP contribution is 2.21. The highest BCUT2D eigenvalue weighted by Gasteiger charge is 2.11. The Morgan fingerprint density at radius 1 is 1.10 bits per heavy atom. The number of hydrogen-bond donors (Lipinski definition) is 0. The quantitative estimate of drug-likeness (QED) is 0.233. The molecule has 2 heterocycles. The van der Waals surface area contributed by atoms with Gasteiger partial charge in [0.2, 0.25) is 4.80 Å². The summed E-state index contributed by atoms with van der Waals surface area (Å²) < 4.78 is 6.94. The summed E-state index contributed by atoms with van der Waals surface area (Å²) in [6.07, 6.45) is 2.29. The maximum absolute atomic E-state index is 10.9. The van der Waals surface area contributed by atoms with Gasteiger partial charge in [0.05, 0.1) is 18.0 Å². The molecule has 8 heteroatoms. The monoisotopic (exact) mass is 432 g/mol. The minimum Gasteiger partial charge on any atom is -0.400 e. The van der Waals surface area contributed by atoms with E-state index < -0.39 is 4.92 Å². The summed E-state index contributed by atoms with van der Waals surface area (Å²) in [5, 5.41) is 17.4. The minimum absolute atomic E-state index is 0.301. The van der Waals surface area contributed by atoms with Gasteiger partial charge in [-0.25, -0.2) is 4.68 Å². The van der Waals surface area contributed by atoms with Gasteiger partial charge in [-0.2, -0.15) is 5.10 Å². The lowest BCUT2D eigenvalue weighted by Gasteiger charge is -2.04. The maximum atomic E-state index is 10.9. The topological polar surface area (TPSA) is 85.9 Å². The number of aromatic nitrogens is 1. The van der Waals surface area contributed by atoms with Crippen LogP contribution in [0.5, 0.6) is 0 Å². The first-order valence-corrected chi connectivity index (χ1v) is 10.6. The van der Waals surface area contributed by atoms with Crippen LogP contribution in [-0.4, -0.2) is 22.4 Å². The van der Waals surface area contributed by atoms with Crippen molar-refractivity contribution in [2.24, 2.45) is 10.1 Å². The van der Waals surface area contributed by atoms with E-state index in [2.05, 4.69) is 17.2 Å². The van der Waals surface area contributed by atoms with Crippen LogP contribution in [0.1, 0.15) is 16.9 Å². The van der Waals surface area contributed by atoms with Crippen molar-refractivity contribution >= 4 is 23.4 Å². The first-order valence-electron chi connectivity index (χ1n) is 9.71. The Bertz CT molecular complexity index is 1270. The lowest BCUT2D eigenvalue weighted by molar-refractivity contribution is -0.402. The SMILES string of the molecule is Cc1ccc(-c2csc(=NCCc3ccccc3)n2N=Cc2ccc([N+](=O)[O-])o2)cc1. The summed E-state index contributed by atoms with van der Waals surface area (Å²) in [6, 6.07) is 21.2. The lowest BCUT2D eigenvalue weighted by Crippen LogP contribution is -2.13. The van der Waals surface area contributed by atoms with Crippen LogP contribution in [0.3, 0.4) is 0 Å². The van der Waals surface area contributed by atoms with Gasteiger partial charge < -0.3 is 4.42 Å². The van der Waals surface area contributed by atoms with Gasteiger partial charge in [0.1, 0.15) is 4.92 Å². The predicted molar refractivity (Wildman–Crippen MR) is 121 cm³/mol. The van der Waals surface area contributed by atoms with Crippen LogP contribution in [0.2, 0.25) is 0 Å². The van der Waals surface area contributed by atoms with Crippen LogP contribution in [0.15, 0.2) is 86.6 Å². The van der Waals surface area contributed by atoms with Crippen molar-refractivity contribution in [3.63, 3.8) is 0 Å². The summed E-state index contributed by atoms with van der Waals surface area (Å²) in [4.78, 5) is 15.8. The molecule has 0 spiro atoms. The Morgan fingerprint density at radius 2 is 1.87 bits per heavy atom. The third kappa shape index (κ3) is 5.04. The molecule has 0 aliphatic heterocycles. The molecule has 0 aliphatic carbocycles. The molecule has 4 aromatic rings. The van der Waals surface area contributed by atoms with E-state index in [0.29, 0.717) is 12.3 Å². The Kier molecular flexibility index (Phi) is 6.18. The second-order valence-electron chi connectivity index (χ2n) is 6.88. The molecule has 4 rings (SSSR count). The molecule has 2 aromatic carbocycles. The van der Waals surface area contributed by atoms with Crippen LogP contribution >= 0.6 is 11.3 Å². The van der Waals surface area contributed by atoms with Crippen LogP contribution in [0, 0.1) is 17.0 Å². The highest BCUT2D eigenvalue weighted by molar-refractivity contribution is 7.07. The zero-order chi connectivity index (χ0) is 21.6. The van der Waals surface area contributed by atoms with Crippen LogP contribution in [0.25, 0.3) is 11.3 Å². The molecule has 0 atom stereocenters. The molecule has 156 valence electrons. The van der Waals surface area contributed by atoms with Crippen molar-refractivity contribution in [3.8, 4) is 11.3 Å². The van der Waals surface area contributed by atoms with Crippen molar-refractivity contribution < 1.29 is 9.34 Å². The average Bonchev–Trinajstić information content (AvgIpc) is 3.41. The molecule has 0 amide bonds. The van der Waals surface area contributed by atoms with Gasteiger partial charge in [0, 0.05) is 17.5 Å². The smallest absolute Gasteiger partial charge is 0.400 e. The van der Waals surface area contributed by atoms with E-state index in [1.54, 1.807) is 4.68 Å². The third-order valence-corrected chi connectivity index (χ3v) is 5.47. The van der Waals surface area contributed by atoms with Gasteiger partial charge in [0.15, 0.2) is 5.76 Å². The van der Waals surface area contributed by atoms with Crippen molar-refractivity contribution in [2.75, 3.05) is 6.54 Å². The molecule has 31 heavy (non-hydrogen) atoms. The molecule has 0 aliphatic rings. The first kappa shape index (κ1) is 20.5.